The van der Waals surface area contributed by atoms with Gasteiger partial charge in [0.05, 0.1) is 12.8 Å². The van der Waals surface area contributed by atoms with Gasteiger partial charge in [0.2, 0.25) is 0 Å². The van der Waals surface area contributed by atoms with E-state index in [1.807, 2.05) is 0 Å². The summed E-state index contributed by atoms with van der Waals surface area (Å²) in [4.78, 5) is 0. The SMILES string of the molecule is CCCCCCCC#CCC#CCC#CCCCCCO. The standard InChI is InChI=1S/C20H30O/c1-2-3-4-5-6-7-8-9-10-11-12-13-14-15-16-17-18-19-20-21/h21H,2-7,10,13,16-20H2,1H3. The third kappa shape index (κ3) is 18.6. The zero-order valence-corrected chi connectivity index (χ0v) is 13.6. The monoisotopic (exact) mass is 286 g/mol. The first-order valence-electron chi connectivity index (χ1n) is 8.39. The smallest absolute Gasteiger partial charge is 0.0702 e. The molecule has 0 saturated heterocycles. The molecule has 0 spiro atoms. The van der Waals surface area contributed by atoms with Crippen LogP contribution in [-0.4, -0.2) is 11.7 Å². The normalized spacial score (nSPS) is 8.86. The third-order valence-corrected chi connectivity index (χ3v) is 3.09. The fourth-order valence-electron chi connectivity index (χ4n) is 1.83. The van der Waals surface area contributed by atoms with E-state index in [1.165, 1.54) is 32.1 Å². The Balaban J connectivity index is 3.39. The van der Waals surface area contributed by atoms with Gasteiger partial charge in [0.1, 0.15) is 0 Å². The van der Waals surface area contributed by atoms with E-state index in [1.54, 1.807) is 0 Å². The van der Waals surface area contributed by atoms with Crippen molar-refractivity contribution in [3.05, 3.63) is 0 Å². The lowest BCUT2D eigenvalue weighted by Crippen LogP contribution is -1.81. The molecule has 0 amide bonds. The minimum absolute atomic E-state index is 0.290. The van der Waals surface area contributed by atoms with Gasteiger partial charge < -0.3 is 5.11 Å². The van der Waals surface area contributed by atoms with Crippen LogP contribution in [0.15, 0.2) is 0 Å². The summed E-state index contributed by atoms with van der Waals surface area (Å²) >= 11 is 0. The van der Waals surface area contributed by atoms with E-state index in [9.17, 15) is 0 Å². The Hall–Kier alpha value is -1.36. The van der Waals surface area contributed by atoms with Crippen LogP contribution in [0.5, 0.6) is 0 Å². The van der Waals surface area contributed by atoms with Gasteiger partial charge in [0, 0.05) is 19.4 Å². The highest BCUT2D eigenvalue weighted by Crippen LogP contribution is 2.03. The first kappa shape index (κ1) is 19.6. The number of hydrogen-bond acceptors (Lipinski definition) is 1. The average Bonchev–Trinajstić information content (AvgIpc) is 2.50. The molecule has 0 unspecified atom stereocenters. The van der Waals surface area contributed by atoms with Gasteiger partial charge in [-0.2, -0.15) is 0 Å². The summed E-state index contributed by atoms with van der Waals surface area (Å²) < 4.78 is 0. The van der Waals surface area contributed by atoms with E-state index in [-0.39, 0.29) is 0 Å². The fraction of sp³-hybridized carbons (Fsp3) is 0.700. The molecular formula is C20H30O. The lowest BCUT2D eigenvalue weighted by Gasteiger charge is -1.94. The van der Waals surface area contributed by atoms with Gasteiger partial charge in [0.25, 0.3) is 0 Å². The van der Waals surface area contributed by atoms with Gasteiger partial charge in [-0.1, -0.05) is 62.7 Å². The van der Waals surface area contributed by atoms with Gasteiger partial charge >= 0.3 is 0 Å². The van der Waals surface area contributed by atoms with Crippen molar-refractivity contribution in [1.82, 2.24) is 0 Å². The molecule has 0 saturated carbocycles. The first-order chi connectivity index (χ1) is 10.4. The highest BCUT2D eigenvalue weighted by molar-refractivity contribution is 5.16. The zero-order chi connectivity index (χ0) is 15.4. The van der Waals surface area contributed by atoms with Crippen LogP contribution in [0, 0.1) is 35.5 Å². The molecule has 0 aromatic rings. The second kappa shape index (κ2) is 18.6. The van der Waals surface area contributed by atoms with E-state index in [4.69, 9.17) is 5.11 Å². The molecule has 0 bridgehead atoms. The molecule has 1 nitrogen and oxygen atoms in total. The lowest BCUT2D eigenvalue weighted by molar-refractivity contribution is 0.283. The van der Waals surface area contributed by atoms with Crippen molar-refractivity contribution in [2.45, 2.75) is 84.0 Å². The van der Waals surface area contributed by atoms with Crippen LogP contribution in [0.1, 0.15) is 84.0 Å². The molecule has 0 aliphatic heterocycles. The van der Waals surface area contributed by atoms with E-state index in [0.717, 1.165) is 32.1 Å². The maximum absolute atomic E-state index is 8.63. The Morgan fingerprint density at radius 2 is 1.05 bits per heavy atom. The quantitative estimate of drug-likeness (QED) is 0.481. The van der Waals surface area contributed by atoms with Crippen LogP contribution in [-0.2, 0) is 0 Å². The molecule has 0 fully saturated rings. The molecule has 21 heavy (non-hydrogen) atoms. The van der Waals surface area contributed by atoms with Crippen molar-refractivity contribution in [2.75, 3.05) is 6.61 Å². The average molecular weight is 286 g/mol. The minimum atomic E-state index is 0.290. The Morgan fingerprint density at radius 3 is 1.57 bits per heavy atom. The number of rotatable bonds is 9. The van der Waals surface area contributed by atoms with Crippen LogP contribution >= 0.6 is 0 Å². The van der Waals surface area contributed by atoms with Gasteiger partial charge in [-0.15, -0.1) is 11.8 Å². The molecule has 0 radical (unpaired) electrons. The highest BCUT2D eigenvalue weighted by atomic mass is 16.2. The molecule has 0 aromatic carbocycles. The van der Waals surface area contributed by atoms with E-state index >= 15 is 0 Å². The lowest BCUT2D eigenvalue weighted by atomic mass is 10.1. The maximum atomic E-state index is 8.63. The van der Waals surface area contributed by atoms with Crippen molar-refractivity contribution in [2.24, 2.45) is 0 Å². The highest BCUT2D eigenvalue weighted by Gasteiger charge is 1.85. The van der Waals surface area contributed by atoms with E-state index in [2.05, 4.69) is 42.4 Å². The molecular weight excluding hydrogens is 256 g/mol. The van der Waals surface area contributed by atoms with Crippen LogP contribution in [0.25, 0.3) is 0 Å². The van der Waals surface area contributed by atoms with Crippen molar-refractivity contribution >= 4 is 0 Å². The molecule has 116 valence electrons. The zero-order valence-electron chi connectivity index (χ0n) is 13.6. The summed E-state index contributed by atoms with van der Waals surface area (Å²) in [5.41, 5.74) is 0. The van der Waals surface area contributed by atoms with Crippen molar-refractivity contribution in [1.29, 1.82) is 0 Å². The van der Waals surface area contributed by atoms with Crippen molar-refractivity contribution in [3.8, 4) is 35.5 Å². The van der Waals surface area contributed by atoms with E-state index in [0.29, 0.717) is 19.4 Å². The summed E-state index contributed by atoms with van der Waals surface area (Å²) in [5, 5.41) is 8.63. The summed E-state index contributed by atoms with van der Waals surface area (Å²) in [5.74, 6) is 18.5. The Bertz CT molecular complexity index is 389. The predicted octanol–water partition coefficient (Wildman–Crippen LogP) is 4.69. The van der Waals surface area contributed by atoms with Gasteiger partial charge in [0.15, 0.2) is 0 Å². The fourth-order valence-corrected chi connectivity index (χ4v) is 1.83. The number of aliphatic hydroxyl groups excluding tert-OH is 1. The number of aliphatic hydroxyl groups is 1. The number of hydrogen-bond donors (Lipinski definition) is 1. The number of unbranched alkanes of at least 4 members (excludes halogenated alkanes) is 8. The largest absolute Gasteiger partial charge is 0.396 e. The van der Waals surface area contributed by atoms with Crippen molar-refractivity contribution < 1.29 is 5.11 Å². The molecule has 0 rings (SSSR count). The minimum Gasteiger partial charge on any atom is -0.396 e. The summed E-state index contributed by atoms with van der Waals surface area (Å²) in [6, 6.07) is 0. The molecule has 0 aliphatic rings. The maximum Gasteiger partial charge on any atom is 0.0702 e. The third-order valence-electron chi connectivity index (χ3n) is 3.09. The first-order valence-corrected chi connectivity index (χ1v) is 8.39. The molecule has 0 heterocycles. The Labute approximate surface area is 131 Å². The van der Waals surface area contributed by atoms with Crippen molar-refractivity contribution in [3.63, 3.8) is 0 Å². The van der Waals surface area contributed by atoms with Crippen LogP contribution in [0.3, 0.4) is 0 Å². The van der Waals surface area contributed by atoms with Crippen LogP contribution < -0.4 is 0 Å². The summed E-state index contributed by atoms with van der Waals surface area (Å²) in [6.45, 7) is 2.53. The second-order valence-corrected chi connectivity index (χ2v) is 5.11. The Morgan fingerprint density at radius 1 is 0.571 bits per heavy atom. The molecule has 0 aliphatic carbocycles. The molecule has 1 N–H and O–H groups in total. The topological polar surface area (TPSA) is 20.2 Å². The van der Waals surface area contributed by atoms with E-state index < -0.39 is 0 Å². The molecule has 1 heteroatoms. The van der Waals surface area contributed by atoms with Gasteiger partial charge in [-0.3, -0.25) is 0 Å². The predicted molar refractivity (Wildman–Crippen MR) is 91.5 cm³/mol. The molecule has 0 aromatic heterocycles. The van der Waals surface area contributed by atoms with Gasteiger partial charge in [-0.05, 0) is 19.3 Å². The summed E-state index contributed by atoms with van der Waals surface area (Å²) in [6.07, 6.45) is 12.8. The van der Waals surface area contributed by atoms with Gasteiger partial charge in [-0.25, -0.2) is 0 Å². The van der Waals surface area contributed by atoms with Crippen LogP contribution in [0.2, 0.25) is 0 Å². The molecule has 0 atom stereocenters. The summed E-state index contributed by atoms with van der Waals surface area (Å²) in [7, 11) is 0. The Kier molecular flexibility index (Phi) is 17.4. The van der Waals surface area contributed by atoms with Crippen LogP contribution in [0.4, 0.5) is 0 Å². The second-order valence-electron chi connectivity index (χ2n) is 5.11.